The van der Waals surface area contributed by atoms with Crippen molar-refractivity contribution < 1.29 is 22.8 Å². The number of carboxylic acids is 1. The van der Waals surface area contributed by atoms with Crippen LogP contribution in [-0.2, 0) is 14.6 Å². The van der Waals surface area contributed by atoms with Crippen LogP contribution in [0.25, 0.3) is 0 Å². The van der Waals surface area contributed by atoms with Crippen molar-refractivity contribution in [3.8, 4) is 0 Å². The normalized spacial score (nSPS) is 17.6. The molecule has 9 heteroatoms. The molecular weight excluding hydrogens is 274 g/mol. The van der Waals surface area contributed by atoms with Gasteiger partial charge in [0.1, 0.15) is 0 Å². The van der Waals surface area contributed by atoms with Crippen LogP contribution in [0.15, 0.2) is 9.42 Å². The first-order valence-corrected chi connectivity index (χ1v) is 7.63. The highest BCUT2D eigenvalue weighted by Crippen LogP contribution is 2.32. The molecule has 0 radical (unpaired) electrons. The molecule has 1 aromatic rings. The van der Waals surface area contributed by atoms with E-state index in [0.717, 1.165) is 6.26 Å². The Labute approximate surface area is 110 Å². The second-order valence-corrected chi connectivity index (χ2v) is 6.52. The van der Waals surface area contributed by atoms with Crippen molar-refractivity contribution in [1.29, 1.82) is 0 Å². The smallest absolute Gasteiger partial charge is 0.306 e. The molecule has 8 nitrogen and oxygen atoms in total. The lowest BCUT2D eigenvalue weighted by Gasteiger charge is -2.30. The molecule has 1 aromatic heterocycles. The number of sulfone groups is 1. The number of hydrogen-bond acceptors (Lipinski definition) is 7. The fourth-order valence-corrected chi connectivity index (χ4v) is 3.07. The summed E-state index contributed by atoms with van der Waals surface area (Å²) in [4.78, 5) is 12.4. The molecule has 3 N–H and O–H groups in total. The number of aromatic nitrogens is 1. The molecule has 0 saturated carbocycles. The van der Waals surface area contributed by atoms with Crippen LogP contribution in [-0.4, -0.2) is 44.0 Å². The summed E-state index contributed by atoms with van der Waals surface area (Å²) in [6.07, 6.45) is 1.90. The van der Waals surface area contributed by atoms with Crippen molar-refractivity contribution in [1.82, 2.24) is 5.16 Å². The second kappa shape index (κ2) is 4.72. The number of piperidine rings is 1. The fraction of sp³-hybridized carbons (Fsp3) is 0.600. The third-order valence-corrected chi connectivity index (χ3v) is 4.30. The highest BCUT2D eigenvalue weighted by atomic mass is 32.2. The van der Waals surface area contributed by atoms with E-state index in [-0.39, 0.29) is 16.6 Å². The second-order valence-electron chi connectivity index (χ2n) is 4.57. The molecule has 0 aromatic carbocycles. The highest BCUT2D eigenvalue weighted by molar-refractivity contribution is 7.91. The van der Waals surface area contributed by atoms with Crippen molar-refractivity contribution >= 4 is 27.5 Å². The van der Waals surface area contributed by atoms with Gasteiger partial charge in [-0.3, -0.25) is 4.79 Å². The molecule has 0 atom stereocenters. The Morgan fingerprint density at radius 1 is 1.47 bits per heavy atom. The maximum Gasteiger partial charge on any atom is 0.306 e. The molecule has 19 heavy (non-hydrogen) atoms. The topological polar surface area (TPSA) is 127 Å². The predicted octanol–water partition coefficient (Wildman–Crippen LogP) is -0.0387. The van der Waals surface area contributed by atoms with Crippen LogP contribution in [0.5, 0.6) is 0 Å². The Morgan fingerprint density at radius 3 is 2.53 bits per heavy atom. The Kier molecular flexibility index (Phi) is 3.40. The Balaban J connectivity index is 2.24. The van der Waals surface area contributed by atoms with E-state index in [9.17, 15) is 13.2 Å². The van der Waals surface area contributed by atoms with E-state index in [4.69, 9.17) is 15.4 Å². The number of aliphatic carboxylic acids is 1. The minimum absolute atomic E-state index is 0.124. The molecule has 0 amide bonds. The van der Waals surface area contributed by atoms with Gasteiger partial charge < -0.3 is 20.3 Å². The van der Waals surface area contributed by atoms with Crippen molar-refractivity contribution in [3.05, 3.63) is 0 Å². The monoisotopic (exact) mass is 289 g/mol. The Hall–Kier alpha value is -1.77. The summed E-state index contributed by atoms with van der Waals surface area (Å²) < 4.78 is 28.0. The number of nitrogen functional groups attached to an aromatic ring is 1. The van der Waals surface area contributed by atoms with E-state index < -0.39 is 21.7 Å². The third kappa shape index (κ3) is 2.65. The summed E-state index contributed by atoms with van der Waals surface area (Å²) in [6.45, 7) is 0.816. The number of anilines is 2. The number of hydrogen-bond donors (Lipinski definition) is 2. The van der Waals surface area contributed by atoms with Gasteiger partial charge in [0.2, 0.25) is 5.88 Å². The van der Waals surface area contributed by atoms with Gasteiger partial charge in [0.25, 0.3) is 0 Å². The largest absolute Gasteiger partial charge is 0.481 e. The zero-order chi connectivity index (χ0) is 14.2. The minimum Gasteiger partial charge on any atom is -0.481 e. The summed E-state index contributed by atoms with van der Waals surface area (Å²) in [6, 6.07) is 0. The van der Waals surface area contributed by atoms with Crippen molar-refractivity contribution in [3.63, 3.8) is 0 Å². The van der Waals surface area contributed by atoms with E-state index in [1.807, 2.05) is 0 Å². The number of carboxylic acid groups (broad SMARTS) is 1. The summed E-state index contributed by atoms with van der Waals surface area (Å²) in [5.74, 6) is -1.30. The quantitative estimate of drug-likeness (QED) is 0.793. The first kappa shape index (κ1) is 13.7. The molecular formula is C10H15N3O5S. The van der Waals surface area contributed by atoms with E-state index in [2.05, 4.69) is 5.16 Å². The Morgan fingerprint density at radius 2 is 2.05 bits per heavy atom. The van der Waals surface area contributed by atoms with E-state index in [1.54, 1.807) is 4.90 Å². The molecule has 0 aliphatic carbocycles. The van der Waals surface area contributed by atoms with Gasteiger partial charge in [0, 0.05) is 19.3 Å². The van der Waals surface area contributed by atoms with Gasteiger partial charge in [-0.05, 0) is 12.8 Å². The fourth-order valence-electron chi connectivity index (χ4n) is 2.17. The van der Waals surface area contributed by atoms with Crippen molar-refractivity contribution in [2.75, 3.05) is 30.0 Å². The minimum atomic E-state index is -3.54. The van der Waals surface area contributed by atoms with Crippen LogP contribution >= 0.6 is 0 Å². The average Bonchev–Trinajstić information content (AvgIpc) is 2.71. The van der Waals surface area contributed by atoms with Gasteiger partial charge in [-0.25, -0.2) is 8.42 Å². The molecule has 2 heterocycles. The lowest BCUT2D eigenvalue weighted by Crippen LogP contribution is -2.37. The average molecular weight is 289 g/mol. The SMILES string of the molecule is CS(=O)(=O)c1c(N2CCC(C(=O)O)CC2)noc1N. The molecule has 1 fully saturated rings. The molecule has 1 aliphatic rings. The lowest BCUT2D eigenvalue weighted by atomic mass is 9.97. The van der Waals surface area contributed by atoms with Crippen molar-refractivity contribution in [2.24, 2.45) is 5.92 Å². The van der Waals surface area contributed by atoms with Gasteiger partial charge in [0.05, 0.1) is 5.92 Å². The van der Waals surface area contributed by atoms with E-state index >= 15 is 0 Å². The van der Waals surface area contributed by atoms with E-state index in [1.165, 1.54) is 0 Å². The third-order valence-electron chi connectivity index (χ3n) is 3.17. The molecule has 2 rings (SSSR count). The summed E-state index contributed by atoms with van der Waals surface area (Å²) in [5, 5.41) is 12.6. The van der Waals surface area contributed by atoms with Crippen LogP contribution < -0.4 is 10.6 Å². The number of rotatable bonds is 3. The maximum absolute atomic E-state index is 11.7. The van der Waals surface area contributed by atoms with Gasteiger partial charge in [-0.2, -0.15) is 0 Å². The molecule has 1 aliphatic heterocycles. The zero-order valence-electron chi connectivity index (χ0n) is 10.4. The number of nitrogens with two attached hydrogens (primary N) is 1. The summed E-state index contributed by atoms with van der Waals surface area (Å²) in [7, 11) is -3.54. The van der Waals surface area contributed by atoms with Crippen LogP contribution in [0, 0.1) is 5.92 Å². The molecule has 0 spiro atoms. The summed E-state index contributed by atoms with van der Waals surface area (Å²) in [5.41, 5.74) is 5.48. The van der Waals surface area contributed by atoms with Crippen LogP contribution in [0.1, 0.15) is 12.8 Å². The van der Waals surface area contributed by atoms with Gasteiger partial charge in [0.15, 0.2) is 20.6 Å². The van der Waals surface area contributed by atoms with Crippen LogP contribution in [0.3, 0.4) is 0 Å². The highest BCUT2D eigenvalue weighted by Gasteiger charge is 2.31. The zero-order valence-corrected chi connectivity index (χ0v) is 11.2. The van der Waals surface area contributed by atoms with Gasteiger partial charge in [-0.1, -0.05) is 5.16 Å². The first-order valence-electron chi connectivity index (χ1n) is 5.73. The van der Waals surface area contributed by atoms with Crippen LogP contribution in [0.4, 0.5) is 11.7 Å². The standard InChI is InChI=1S/C10H15N3O5S/c1-19(16,17)7-8(11)18-12-9(7)13-4-2-6(3-5-13)10(14)15/h6H,2-5,11H2,1H3,(H,14,15). The van der Waals surface area contributed by atoms with Gasteiger partial charge >= 0.3 is 5.97 Å². The molecule has 106 valence electrons. The van der Waals surface area contributed by atoms with Crippen LogP contribution in [0.2, 0.25) is 0 Å². The predicted molar refractivity (Wildman–Crippen MR) is 66.6 cm³/mol. The summed E-state index contributed by atoms with van der Waals surface area (Å²) >= 11 is 0. The number of nitrogens with zero attached hydrogens (tertiary/aromatic N) is 2. The first-order chi connectivity index (χ1) is 8.80. The maximum atomic E-state index is 11.7. The van der Waals surface area contributed by atoms with Gasteiger partial charge in [-0.15, -0.1) is 0 Å². The lowest BCUT2D eigenvalue weighted by molar-refractivity contribution is -0.142. The molecule has 0 bridgehead atoms. The molecule has 1 saturated heterocycles. The molecule has 0 unspecified atom stereocenters. The Bertz CT molecular complexity index is 586. The van der Waals surface area contributed by atoms with Crippen molar-refractivity contribution in [2.45, 2.75) is 17.7 Å². The number of carbonyl (C=O) groups is 1. The van der Waals surface area contributed by atoms with E-state index in [0.29, 0.717) is 25.9 Å².